The standard InChI is InChI=1S/C27H28N4O4S2/c1-5-35-26(32)23-20-10-9-18(27(2,3)4)12-22(20)37-25(23)29-14-17(13-28)24-30-21(15-36-24)16-7-6-8-19(11-16)31(33)34/h6-8,11,14-15,18,29H,5,9-10,12H2,1-4H3/b17-14+/t18-/m1/s1. The molecule has 0 saturated carbocycles. The van der Waals surface area contributed by atoms with E-state index in [1.54, 1.807) is 42.0 Å². The zero-order valence-electron chi connectivity index (χ0n) is 21.2. The Bertz CT molecular complexity index is 1410. The molecule has 2 aromatic heterocycles. The number of esters is 1. The number of aromatic nitrogens is 1. The van der Waals surface area contributed by atoms with Crippen molar-refractivity contribution in [2.24, 2.45) is 11.3 Å². The molecule has 1 aromatic carbocycles. The molecule has 0 bridgehead atoms. The van der Waals surface area contributed by atoms with E-state index in [-0.39, 0.29) is 23.7 Å². The predicted molar refractivity (Wildman–Crippen MR) is 147 cm³/mol. The molecule has 0 amide bonds. The van der Waals surface area contributed by atoms with Crippen LogP contribution in [0.2, 0.25) is 0 Å². The molecule has 0 unspecified atom stereocenters. The van der Waals surface area contributed by atoms with Gasteiger partial charge in [0, 0.05) is 34.2 Å². The first-order chi connectivity index (χ1) is 17.6. The van der Waals surface area contributed by atoms with Crippen LogP contribution in [0.3, 0.4) is 0 Å². The van der Waals surface area contributed by atoms with Crippen LogP contribution in [0.4, 0.5) is 10.7 Å². The Morgan fingerprint density at radius 1 is 1.41 bits per heavy atom. The van der Waals surface area contributed by atoms with Gasteiger partial charge in [-0.05, 0) is 43.1 Å². The van der Waals surface area contributed by atoms with Crippen LogP contribution >= 0.6 is 22.7 Å². The minimum atomic E-state index is -0.452. The number of thiazole rings is 1. The fourth-order valence-electron chi connectivity index (χ4n) is 4.43. The van der Waals surface area contributed by atoms with Gasteiger partial charge < -0.3 is 10.1 Å². The summed E-state index contributed by atoms with van der Waals surface area (Å²) in [5.74, 6) is 0.167. The van der Waals surface area contributed by atoms with Gasteiger partial charge in [0.1, 0.15) is 21.7 Å². The van der Waals surface area contributed by atoms with Gasteiger partial charge in [0.2, 0.25) is 0 Å². The molecule has 0 aliphatic heterocycles. The number of nitrogens with one attached hydrogen (secondary N) is 1. The third-order valence-electron chi connectivity index (χ3n) is 6.52. The van der Waals surface area contributed by atoms with Crippen LogP contribution in [0.1, 0.15) is 59.9 Å². The number of benzene rings is 1. The first-order valence-electron chi connectivity index (χ1n) is 12.0. The summed E-state index contributed by atoms with van der Waals surface area (Å²) >= 11 is 2.82. The van der Waals surface area contributed by atoms with Crippen molar-refractivity contribution < 1.29 is 14.5 Å². The summed E-state index contributed by atoms with van der Waals surface area (Å²) in [4.78, 5) is 29.3. The van der Waals surface area contributed by atoms with E-state index in [0.717, 1.165) is 24.8 Å². The number of nitrogens with zero attached hydrogens (tertiary/aromatic N) is 3. The van der Waals surface area contributed by atoms with Crippen LogP contribution in [0, 0.1) is 32.8 Å². The molecule has 10 heteroatoms. The topological polar surface area (TPSA) is 118 Å². The number of non-ortho nitro benzene ring substituents is 1. The highest BCUT2D eigenvalue weighted by Crippen LogP contribution is 2.44. The molecule has 192 valence electrons. The smallest absolute Gasteiger partial charge is 0.341 e. The van der Waals surface area contributed by atoms with Crippen LogP contribution < -0.4 is 5.32 Å². The highest BCUT2D eigenvalue weighted by atomic mass is 32.1. The minimum Gasteiger partial charge on any atom is -0.462 e. The van der Waals surface area contributed by atoms with Gasteiger partial charge in [0.05, 0.1) is 22.8 Å². The van der Waals surface area contributed by atoms with Crippen molar-refractivity contribution in [3.8, 4) is 17.3 Å². The molecule has 1 atom stereocenters. The van der Waals surface area contributed by atoms with Crippen LogP contribution in [0.25, 0.3) is 16.8 Å². The molecular formula is C27H28N4O4S2. The zero-order valence-corrected chi connectivity index (χ0v) is 22.8. The fourth-order valence-corrected chi connectivity index (χ4v) is 6.51. The van der Waals surface area contributed by atoms with Gasteiger partial charge in [-0.15, -0.1) is 22.7 Å². The van der Waals surface area contributed by atoms with E-state index in [1.165, 1.54) is 28.3 Å². The lowest BCUT2D eigenvalue weighted by molar-refractivity contribution is -0.384. The summed E-state index contributed by atoms with van der Waals surface area (Å²) in [5.41, 5.74) is 3.21. The number of carbonyl (C=O) groups is 1. The molecule has 1 aliphatic rings. The number of anilines is 1. The van der Waals surface area contributed by atoms with Gasteiger partial charge in [0.15, 0.2) is 0 Å². The SMILES string of the molecule is CCOC(=O)c1c(N/C=C(\C#N)c2nc(-c3cccc([N+](=O)[O-])c3)cs2)sc2c1CC[C@@H](C(C)(C)C)C2. The maximum atomic E-state index is 12.9. The van der Waals surface area contributed by atoms with Gasteiger partial charge in [-0.3, -0.25) is 10.1 Å². The maximum Gasteiger partial charge on any atom is 0.341 e. The number of carbonyl (C=O) groups excluding carboxylic acids is 1. The number of hydrogen-bond donors (Lipinski definition) is 1. The first-order valence-corrected chi connectivity index (χ1v) is 13.7. The second-order valence-electron chi connectivity index (χ2n) is 9.89. The van der Waals surface area contributed by atoms with Gasteiger partial charge in [-0.1, -0.05) is 32.9 Å². The number of rotatable bonds is 7. The third-order valence-corrected chi connectivity index (χ3v) is 8.59. The number of fused-ring (bicyclic) bond motifs is 1. The first kappa shape index (κ1) is 26.5. The largest absolute Gasteiger partial charge is 0.462 e. The highest BCUT2D eigenvalue weighted by Gasteiger charge is 2.34. The fraction of sp³-hybridized carbons (Fsp3) is 0.370. The quantitative estimate of drug-likeness (QED) is 0.148. The van der Waals surface area contributed by atoms with Gasteiger partial charge >= 0.3 is 5.97 Å². The van der Waals surface area contributed by atoms with E-state index >= 15 is 0 Å². The van der Waals surface area contributed by atoms with Crippen molar-refractivity contribution in [2.45, 2.75) is 47.0 Å². The average Bonchev–Trinajstić information content (AvgIpc) is 3.49. The Balaban J connectivity index is 1.63. The molecule has 37 heavy (non-hydrogen) atoms. The van der Waals surface area contributed by atoms with Crippen molar-refractivity contribution in [3.05, 3.63) is 67.0 Å². The van der Waals surface area contributed by atoms with Crippen molar-refractivity contribution in [1.82, 2.24) is 4.98 Å². The molecule has 1 aliphatic carbocycles. The van der Waals surface area contributed by atoms with Crippen molar-refractivity contribution >= 4 is 44.9 Å². The summed E-state index contributed by atoms with van der Waals surface area (Å²) in [6, 6.07) is 8.40. The third kappa shape index (κ3) is 5.73. The van der Waals surface area contributed by atoms with Crippen LogP contribution in [-0.2, 0) is 17.6 Å². The van der Waals surface area contributed by atoms with E-state index in [2.05, 4.69) is 37.1 Å². The summed E-state index contributed by atoms with van der Waals surface area (Å²) in [7, 11) is 0. The van der Waals surface area contributed by atoms with Crippen LogP contribution in [0.15, 0.2) is 35.8 Å². The van der Waals surface area contributed by atoms with E-state index in [4.69, 9.17) is 4.74 Å². The monoisotopic (exact) mass is 536 g/mol. The van der Waals surface area contributed by atoms with E-state index < -0.39 is 4.92 Å². The van der Waals surface area contributed by atoms with Gasteiger partial charge in [-0.2, -0.15) is 5.26 Å². The van der Waals surface area contributed by atoms with E-state index in [1.807, 2.05) is 0 Å². The van der Waals surface area contributed by atoms with E-state index in [9.17, 15) is 20.2 Å². The number of nitriles is 1. The lowest BCUT2D eigenvalue weighted by Gasteiger charge is -2.33. The Kier molecular flexibility index (Phi) is 7.76. The number of ether oxygens (including phenoxy) is 1. The molecule has 0 fully saturated rings. The lowest BCUT2D eigenvalue weighted by Crippen LogP contribution is -2.26. The number of nitro groups is 1. The lowest BCUT2D eigenvalue weighted by atomic mass is 9.72. The molecule has 4 rings (SSSR count). The van der Waals surface area contributed by atoms with Crippen LogP contribution in [-0.4, -0.2) is 22.5 Å². The van der Waals surface area contributed by atoms with Crippen molar-refractivity contribution in [2.75, 3.05) is 11.9 Å². The Hall–Kier alpha value is -3.55. The summed E-state index contributed by atoms with van der Waals surface area (Å²) < 4.78 is 5.37. The second-order valence-corrected chi connectivity index (χ2v) is 11.9. The molecule has 0 saturated heterocycles. The normalized spacial score (nSPS) is 15.5. The predicted octanol–water partition coefficient (Wildman–Crippen LogP) is 7.08. The number of hydrogen-bond acceptors (Lipinski definition) is 9. The van der Waals surface area contributed by atoms with E-state index in [0.29, 0.717) is 38.3 Å². The Morgan fingerprint density at radius 3 is 2.86 bits per heavy atom. The molecule has 3 aromatic rings. The summed E-state index contributed by atoms with van der Waals surface area (Å²) in [5, 5.41) is 27.1. The number of nitro benzene ring substituents is 1. The van der Waals surface area contributed by atoms with Gasteiger partial charge in [-0.25, -0.2) is 9.78 Å². The maximum absolute atomic E-state index is 12.9. The van der Waals surface area contributed by atoms with Crippen molar-refractivity contribution in [1.29, 1.82) is 5.26 Å². The zero-order chi connectivity index (χ0) is 26.7. The van der Waals surface area contributed by atoms with Crippen LogP contribution in [0.5, 0.6) is 0 Å². The number of allylic oxidation sites excluding steroid dienone is 1. The molecule has 0 radical (unpaired) electrons. The Morgan fingerprint density at radius 2 is 2.19 bits per heavy atom. The summed E-state index contributed by atoms with van der Waals surface area (Å²) in [6.45, 7) is 8.82. The van der Waals surface area contributed by atoms with Gasteiger partial charge in [0.25, 0.3) is 5.69 Å². The molecule has 8 nitrogen and oxygen atoms in total. The molecule has 1 N–H and O–H groups in total. The molecule has 0 spiro atoms. The van der Waals surface area contributed by atoms with Crippen molar-refractivity contribution in [3.63, 3.8) is 0 Å². The summed E-state index contributed by atoms with van der Waals surface area (Å²) in [6.07, 6.45) is 4.30. The number of thiophene rings is 1. The molecular weight excluding hydrogens is 508 g/mol. The highest BCUT2D eigenvalue weighted by molar-refractivity contribution is 7.16. The minimum absolute atomic E-state index is 0.0216. The second kappa shape index (κ2) is 10.8. The molecule has 2 heterocycles. The average molecular weight is 537 g/mol. The Labute approximate surface area is 223 Å².